The lowest BCUT2D eigenvalue weighted by Crippen LogP contribution is -2.25. The molecule has 1 aromatic carbocycles. The summed E-state index contributed by atoms with van der Waals surface area (Å²) in [6.07, 6.45) is 7.45. The van der Waals surface area contributed by atoms with Gasteiger partial charge in [-0.1, -0.05) is 23.2 Å². The Morgan fingerprint density at radius 1 is 0.967 bits per heavy atom. The fraction of sp³-hybridized carbons (Fsp3) is 0.409. The summed E-state index contributed by atoms with van der Waals surface area (Å²) in [6.45, 7) is 1.60. The molecule has 0 unspecified atom stereocenters. The molecule has 0 radical (unpaired) electrons. The molecule has 3 aromatic rings. The molecular formula is C22H23Cl2N5O. The van der Waals surface area contributed by atoms with Crippen molar-refractivity contribution in [1.82, 2.24) is 24.6 Å². The molecule has 1 aliphatic carbocycles. The topological polar surface area (TPSA) is 56.1 Å². The zero-order valence-corrected chi connectivity index (χ0v) is 18.3. The van der Waals surface area contributed by atoms with Gasteiger partial charge in [0.2, 0.25) is 0 Å². The summed E-state index contributed by atoms with van der Waals surface area (Å²) in [5, 5.41) is 10.5. The van der Waals surface area contributed by atoms with E-state index in [1.807, 2.05) is 12.1 Å². The van der Waals surface area contributed by atoms with Crippen molar-refractivity contribution >= 4 is 23.2 Å². The molecular weight excluding hydrogens is 421 g/mol. The van der Waals surface area contributed by atoms with Crippen LogP contribution < -0.4 is 4.74 Å². The predicted molar refractivity (Wildman–Crippen MR) is 116 cm³/mol. The maximum Gasteiger partial charge on any atom is 0.151 e. The van der Waals surface area contributed by atoms with Gasteiger partial charge < -0.3 is 4.74 Å². The molecule has 0 amide bonds. The van der Waals surface area contributed by atoms with Crippen LogP contribution >= 0.6 is 23.2 Å². The SMILES string of the molecule is CN1Cc2cc(Cl)ccc2-n2c(nnc2C2CCC(Oc3cncc(Cl)c3)CC2)C1. The van der Waals surface area contributed by atoms with Gasteiger partial charge in [0.15, 0.2) is 5.82 Å². The lowest BCUT2D eigenvalue weighted by Gasteiger charge is -2.29. The van der Waals surface area contributed by atoms with E-state index in [4.69, 9.17) is 27.9 Å². The minimum absolute atomic E-state index is 0.172. The summed E-state index contributed by atoms with van der Waals surface area (Å²) >= 11 is 12.3. The normalized spacial score (nSPS) is 21.6. The van der Waals surface area contributed by atoms with E-state index in [2.05, 4.69) is 43.8 Å². The van der Waals surface area contributed by atoms with E-state index in [1.54, 1.807) is 12.4 Å². The minimum atomic E-state index is 0.172. The highest BCUT2D eigenvalue weighted by Crippen LogP contribution is 2.37. The number of fused-ring (bicyclic) bond motifs is 3. The monoisotopic (exact) mass is 443 g/mol. The molecule has 2 aromatic heterocycles. The number of nitrogens with zero attached hydrogens (tertiary/aromatic N) is 5. The van der Waals surface area contributed by atoms with Crippen molar-refractivity contribution in [3.8, 4) is 11.4 Å². The van der Waals surface area contributed by atoms with Crippen molar-refractivity contribution in [1.29, 1.82) is 0 Å². The molecule has 0 spiro atoms. The Balaban J connectivity index is 1.37. The first-order valence-electron chi connectivity index (χ1n) is 10.3. The Hall–Kier alpha value is -2.15. The minimum Gasteiger partial charge on any atom is -0.489 e. The Bertz CT molecular complexity index is 1060. The molecule has 1 saturated carbocycles. The van der Waals surface area contributed by atoms with Gasteiger partial charge in [-0.15, -0.1) is 10.2 Å². The first-order valence-corrected chi connectivity index (χ1v) is 11.0. The highest BCUT2D eigenvalue weighted by Gasteiger charge is 2.30. The predicted octanol–water partition coefficient (Wildman–Crippen LogP) is 5.02. The number of benzene rings is 1. The summed E-state index contributed by atoms with van der Waals surface area (Å²) in [7, 11) is 2.10. The summed E-state index contributed by atoms with van der Waals surface area (Å²) in [5.74, 6) is 3.12. The van der Waals surface area contributed by atoms with Crippen molar-refractivity contribution < 1.29 is 4.74 Å². The van der Waals surface area contributed by atoms with Crippen LogP contribution in [0.1, 0.15) is 48.8 Å². The van der Waals surface area contributed by atoms with Crippen LogP contribution in [0.2, 0.25) is 10.0 Å². The lowest BCUT2D eigenvalue weighted by molar-refractivity contribution is 0.144. The number of rotatable bonds is 3. The average Bonchev–Trinajstić information content (AvgIpc) is 3.06. The van der Waals surface area contributed by atoms with E-state index >= 15 is 0 Å². The Morgan fingerprint density at radius 2 is 1.80 bits per heavy atom. The smallest absolute Gasteiger partial charge is 0.151 e. The van der Waals surface area contributed by atoms with Crippen molar-refractivity contribution in [2.75, 3.05) is 7.05 Å². The molecule has 2 aliphatic rings. The van der Waals surface area contributed by atoms with Crippen LogP contribution in [0.15, 0.2) is 36.7 Å². The Morgan fingerprint density at radius 3 is 2.60 bits per heavy atom. The second kappa shape index (κ2) is 8.17. The largest absolute Gasteiger partial charge is 0.489 e. The first kappa shape index (κ1) is 19.8. The summed E-state index contributed by atoms with van der Waals surface area (Å²) in [4.78, 5) is 6.35. The van der Waals surface area contributed by atoms with Gasteiger partial charge in [0.25, 0.3) is 0 Å². The molecule has 1 fully saturated rings. The zero-order chi connectivity index (χ0) is 20.7. The highest BCUT2D eigenvalue weighted by molar-refractivity contribution is 6.30. The number of aromatic nitrogens is 4. The lowest BCUT2D eigenvalue weighted by atomic mass is 9.86. The standard InChI is InChI=1S/C22H23Cl2N5O/c1-28-12-15-8-16(23)4-7-20(15)29-21(13-28)26-27-22(29)14-2-5-18(6-3-14)30-19-9-17(24)10-25-11-19/h4,7-11,14,18H,2-3,5-6,12-13H2,1H3. The summed E-state index contributed by atoms with van der Waals surface area (Å²) in [6, 6.07) is 7.91. The van der Waals surface area contributed by atoms with Crippen LogP contribution in [0.5, 0.6) is 5.75 Å². The zero-order valence-electron chi connectivity index (χ0n) is 16.8. The van der Waals surface area contributed by atoms with E-state index in [-0.39, 0.29) is 6.10 Å². The molecule has 156 valence electrons. The molecule has 6 nitrogen and oxygen atoms in total. The fourth-order valence-corrected chi connectivity index (χ4v) is 4.89. The van der Waals surface area contributed by atoms with Gasteiger partial charge in [0.05, 0.1) is 29.6 Å². The van der Waals surface area contributed by atoms with E-state index in [1.165, 1.54) is 5.56 Å². The van der Waals surface area contributed by atoms with E-state index in [0.717, 1.165) is 66.9 Å². The van der Waals surface area contributed by atoms with Gasteiger partial charge in [-0.05, 0) is 56.5 Å². The second-order valence-electron chi connectivity index (χ2n) is 8.19. The molecule has 5 rings (SSSR count). The van der Waals surface area contributed by atoms with Gasteiger partial charge in [-0.3, -0.25) is 14.5 Å². The van der Waals surface area contributed by atoms with Crippen LogP contribution in [0.3, 0.4) is 0 Å². The van der Waals surface area contributed by atoms with Crippen LogP contribution in [-0.4, -0.2) is 37.8 Å². The van der Waals surface area contributed by atoms with Gasteiger partial charge in [0, 0.05) is 29.7 Å². The Kier molecular flexibility index (Phi) is 5.39. The quantitative estimate of drug-likeness (QED) is 0.568. The molecule has 8 heteroatoms. The molecule has 30 heavy (non-hydrogen) atoms. The van der Waals surface area contributed by atoms with E-state index < -0.39 is 0 Å². The van der Waals surface area contributed by atoms with Gasteiger partial charge in [-0.25, -0.2) is 0 Å². The number of pyridine rings is 1. The number of hydrogen-bond acceptors (Lipinski definition) is 5. The van der Waals surface area contributed by atoms with E-state index in [9.17, 15) is 0 Å². The summed E-state index contributed by atoms with van der Waals surface area (Å²) < 4.78 is 8.36. The number of ether oxygens (including phenoxy) is 1. The third-order valence-electron chi connectivity index (χ3n) is 5.91. The van der Waals surface area contributed by atoms with Crippen LogP contribution in [-0.2, 0) is 13.1 Å². The van der Waals surface area contributed by atoms with Crippen molar-refractivity contribution in [3.05, 3.63) is 63.9 Å². The van der Waals surface area contributed by atoms with Crippen molar-refractivity contribution in [2.24, 2.45) is 0 Å². The maximum absolute atomic E-state index is 6.27. The molecule has 0 saturated heterocycles. The number of halogens is 2. The molecule has 0 bridgehead atoms. The second-order valence-corrected chi connectivity index (χ2v) is 9.06. The average molecular weight is 444 g/mol. The molecule has 0 atom stereocenters. The molecule has 3 heterocycles. The third-order valence-corrected chi connectivity index (χ3v) is 6.35. The van der Waals surface area contributed by atoms with Crippen LogP contribution in [0, 0.1) is 0 Å². The van der Waals surface area contributed by atoms with Gasteiger partial charge in [0.1, 0.15) is 11.6 Å². The number of hydrogen-bond donors (Lipinski definition) is 0. The van der Waals surface area contributed by atoms with Gasteiger partial charge in [-0.2, -0.15) is 0 Å². The molecule has 0 N–H and O–H groups in total. The maximum atomic E-state index is 6.27. The van der Waals surface area contributed by atoms with Crippen molar-refractivity contribution in [3.63, 3.8) is 0 Å². The first-order chi connectivity index (χ1) is 14.6. The fourth-order valence-electron chi connectivity index (χ4n) is 4.53. The van der Waals surface area contributed by atoms with Gasteiger partial charge >= 0.3 is 0 Å². The van der Waals surface area contributed by atoms with Crippen molar-refractivity contribution in [2.45, 2.75) is 50.8 Å². The van der Waals surface area contributed by atoms with E-state index in [0.29, 0.717) is 10.9 Å². The third kappa shape index (κ3) is 3.92. The Labute approximate surface area is 185 Å². The molecule has 1 aliphatic heterocycles. The van der Waals surface area contributed by atoms with Crippen LogP contribution in [0.4, 0.5) is 0 Å². The van der Waals surface area contributed by atoms with Crippen LogP contribution in [0.25, 0.3) is 5.69 Å². The highest BCUT2D eigenvalue weighted by atomic mass is 35.5. The summed E-state index contributed by atoms with van der Waals surface area (Å²) in [5.41, 5.74) is 2.34.